The van der Waals surface area contributed by atoms with Crippen LogP contribution >= 0.6 is 23.2 Å². The molecule has 0 saturated heterocycles. The van der Waals surface area contributed by atoms with Crippen molar-refractivity contribution >= 4 is 29.2 Å². The number of aromatic carboxylic acids is 1. The first kappa shape index (κ1) is 19.0. The van der Waals surface area contributed by atoms with Crippen molar-refractivity contribution in [2.24, 2.45) is 0 Å². The Hall–Kier alpha value is -3.35. The monoisotopic (exact) mass is 424 g/mol. The smallest absolute Gasteiger partial charge is 0.146 e. The van der Waals surface area contributed by atoms with Crippen molar-refractivity contribution in [1.82, 2.24) is 15.0 Å². The summed E-state index contributed by atoms with van der Waals surface area (Å²) in [6.07, 6.45) is 0. The lowest BCUT2D eigenvalue weighted by molar-refractivity contribution is -0.255. The molecular formula is C21H12Cl2N3O3-. The molecule has 3 aromatic carbocycles. The number of carbonyl (C=O) groups is 1. The molecule has 0 aliphatic heterocycles. The van der Waals surface area contributed by atoms with Crippen molar-refractivity contribution in [1.29, 1.82) is 0 Å². The molecule has 0 aliphatic carbocycles. The molecule has 0 fully saturated rings. The van der Waals surface area contributed by atoms with Crippen molar-refractivity contribution in [3.63, 3.8) is 0 Å². The maximum Gasteiger partial charge on any atom is 0.146 e. The number of benzene rings is 3. The highest BCUT2D eigenvalue weighted by Crippen LogP contribution is 2.32. The lowest BCUT2D eigenvalue weighted by atomic mass is 10.1. The highest BCUT2D eigenvalue weighted by atomic mass is 35.5. The lowest BCUT2D eigenvalue weighted by Gasteiger charge is -2.11. The van der Waals surface area contributed by atoms with E-state index in [1.807, 2.05) is 6.07 Å². The Balaban J connectivity index is 1.69. The van der Waals surface area contributed by atoms with Gasteiger partial charge in [0, 0.05) is 10.6 Å². The van der Waals surface area contributed by atoms with Gasteiger partial charge in [0.1, 0.15) is 22.9 Å². The van der Waals surface area contributed by atoms with Crippen molar-refractivity contribution in [2.75, 3.05) is 0 Å². The second-order valence-electron chi connectivity index (χ2n) is 6.02. The summed E-state index contributed by atoms with van der Waals surface area (Å²) in [5, 5.41) is 20.1. The molecule has 4 aromatic rings. The number of rotatable bonds is 5. The van der Waals surface area contributed by atoms with Gasteiger partial charge in [-0.15, -0.1) is 5.10 Å². The maximum atomic E-state index is 11.5. The van der Waals surface area contributed by atoms with Crippen LogP contribution in [0.25, 0.3) is 16.9 Å². The normalized spacial score (nSPS) is 10.7. The molecule has 1 heterocycles. The third kappa shape index (κ3) is 3.94. The molecule has 4 rings (SSSR count). The molecule has 0 spiro atoms. The molecular weight excluding hydrogens is 413 g/mol. The van der Waals surface area contributed by atoms with E-state index in [9.17, 15) is 9.90 Å². The lowest BCUT2D eigenvalue weighted by Crippen LogP contribution is -2.23. The minimum absolute atomic E-state index is 0.232. The Kier molecular flexibility index (Phi) is 5.20. The largest absolute Gasteiger partial charge is 0.543 e. The average Bonchev–Trinajstić information content (AvgIpc) is 3.17. The SMILES string of the molecule is O=C([O-])c1nnn(-c2ccc(Oc3ccc(Cl)cc3Cl)cc2)c1-c1ccccc1. The Morgan fingerprint density at radius 3 is 2.34 bits per heavy atom. The van der Waals surface area contributed by atoms with Crippen LogP contribution in [0.1, 0.15) is 10.5 Å². The second-order valence-corrected chi connectivity index (χ2v) is 6.87. The maximum absolute atomic E-state index is 11.5. The first-order valence-corrected chi connectivity index (χ1v) is 9.24. The summed E-state index contributed by atoms with van der Waals surface area (Å²) in [6, 6.07) is 20.9. The highest BCUT2D eigenvalue weighted by Gasteiger charge is 2.17. The summed E-state index contributed by atoms with van der Waals surface area (Å²) in [5.74, 6) is -0.388. The van der Waals surface area contributed by atoms with E-state index in [4.69, 9.17) is 27.9 Å². The van der Waals surface area contributed by atoms with Crippen LogP contribution in [-0.2, 0) is 0 Å². The number of halogens is 2. The average molecular weight is 425 g/mol. The number of carboxylic acids is 1. The summed E-state index contributed by atoms with van der Waals surface area (Å²) in [4.78, 5) is 11.5. The van der Waals surface area contributed by atoms with Crippen LogP contribution in [0.5, 0.6) is 11.5 Å². The number of ether oxygens (including phenoxy) is 1. The molecule has 0 radical (unpaired) electrons. The van der Waals surface area contributed by atoms with E-state index in [2.05, 4.69) is 10.3 Å². The molecule has 6 nitrogen and oxygen atoms in total. The summed E-state index contributed by atoms with van der Waals surface area (Å²) in [5.41, 5.74) is 1.37. The predicted molar refractivity (Wildman–Crippen MR) is 108 cm³/mol. The van der Waals surface area contributed by atoms with Crippen LogP contribution in [0.3, 0.4) is 0 Å². The van der Waals surface area contributed by atoms with Gasteiger partial charge in [-0.25, -0.2) is 4.68 Å². The van der Waals surface area contributed by atoms with Crippen LogP contribution in [0.15, 0.2) is 72.8 Å². The van der Waals surface area contributed by atoms with Gasteiger partial charge in [-0.1, -0.05) is 58.7 Å². The molecule has 0 aliphatic rings. The number of hydrogen-bond donors (Lipinski definition) is 0. The van der Waals surface area contributed by atoms with Gasteiger partial charge in [0.25, 0.3) is 0 Å². The van der Waals surface area contributed by atoms with Gasteiger partial charge < -0.3 is 14.6 Å². The van der Waals surface area contributed by atoms with Gasteiger partial charge in [-0.3, -0.25) is 0 Å². The zero-order chi connectivity index (χ0) is 20.4. The van der Waals surface area contributed by atoms with Crippen LogP contribution in [0.2, 0.25) is 10.0 Å². The van der Waals surface area contributed by atoms with Gasteiger partial charge in [-0.2, -0.15) is 0 Å². The summed E-state index contributed by atoms with van der Waals surface area (Å²) in [7, 11) is 0. The van der Waals surface area contributed by atoms with E-state index in [-0.39, 0.29) is 5.69 Å². The number of carboxylic acid groups (broad SMARTS) is 1. The molecule has 0 saturated carbocycles. The standard InChI is InChI=1S/C21H13Cl2N3O3/c22-14-6-11-18(17(23)12-14)29-16-9-7-15(8-10-16)26-20(13-4-2-1-3-5-13)19(21(27)28)24-25-26/h1-12H,(H,27,28)/p-1. The summed E-state index contributed by atoms with van der Waals surface area (Å²) in [6.45, 7) is 0. The van der Waals surface area contributed by atoms with Crippen molar-refractivity contribution in [2.45, 2.75) is 0 Å². The van der Waals surface area contributed by atoms with Crippen LogP contribution in [0, 0.1) is 0 Å². The van der Waals surface area contributed by atoms with E-state index in [0.29, 0.717) is 38.5 Å². The number of carbonyl (C=O) groups excluding carboxylic acids is 1. The first-order valence-electron chi connectivity index (χ1n) is 8.49. The fourth-order valence-electron chi connectivity index (χ4n) is 2.80. The van der Waals surface area contributed by atoms with E-state index >= 15 is 0 Å². The molecule has 1 aromatic heterocycles. The fourth-order valence-corrected chi connectivity index (χ4v) is 3.24. The predicted octanol–water partition coefficient (Wildman–Crippen LogP) is 4.40. The topological polar surface area (TPSA) is 80.1 Å². The molecule has 0 amide bonds. The fraction of sp³-hybridized carbons (Fsp3) is 0. The summed E-state index contributed by atoms with van der Waals surface area (Å²) >= 11 is 12.0. The van der Waals surface area contributed by atoms with Crippen LogP contribution in [0.4, 0.5) is 0 Å². The Morgan fingerprint density at radius 2 is 1.69 bits per heavy atom. The molecule has 0 N–H and O–H groups in total. The number of nitrogens with zero attached hydrogens (tertiary/aromatic N) is 3. The van der Waals surface area contributed by atoms with Crippen LogP contribution < -0.4 is 9.84 Å². The van der Waals surface area contributed by atoms with E-state index in [1.54, 1.807) is 66.7 Å². The molecule has 8 heteroatoms. The van der Waals surface area contributed by atoms with E-state index < -0.39 is 5.97 Å². The molecule has 0 unspecified atom stereocenters. The van der Waals surface area contributed by atoms with Gasteiger partial charge in [0.05, 0.1) is 16.7 Å². The minimum Gasteiger partial charge on any atom is -0.543 e. The summed E-state index contributed by atoms with van der Waals surface area (Å²) < 4.78 is 7.22. The molecule has 144 valence electrons. The quantitative estimate of drug-likeness (QED) is 0.474. The highest BCUT2D eigenvalue weighted by molar-refractivity contribution is 6.35. The molecule has 0 bridgehead atoms. The molecule has 0 atom stereocenters. The van der Waals surface area contributed by atoms with Gasteiger partial charge in [0.15, 0.2) is 0 Å². The Bertz CT molecular complexity index is 1180. The second kappa shape index (κ2) is 7.95. The van der Waals surface area contributed by atoms with Crippen molar-refractivity contribution in [3.8, 4) is 28.4 Å². The zero-order valence-electron chi connectivity index (χ0n) is 14.8. The number of hydrogen-bond acceptors (Lipinski definition) is 5. The minimum atomic E-state index is -1.40. The molecule has 29 heavy (non-hydrogen) atoms. The van der Waals surface area contributed by atoms with E-state index in [1.165, 1.54) is 4.68 Å². The first-order chi connectivity index (χ1) is 14.0. The van der Waals surface area contributed by atoms with Crippen LogP contribution in [-0.4, -0.2) is 21.0 Å². The van der Waals surface area contributed by atoms with Gasteiger partial charge in [0.2, 0.25) is 0 Å². The third-order valence-electron chi connectivity index (χ3n) is 4.11. The van der Waals surface area contributed by atoms with Crippen molar-refractivity contribution in [3.05, 3.63) is 88.5 Å². The van der Waals surface area contributed by atoms with Gasteiger partial charge in [-0.05, 0) is 42.5 Å². The number of aromatic nitrogens is 3. The zero-order valence-corrected chi connectivity index (χ0v) is 16.3. The van der Waals surface area contributed by atoms with E-state index in [0.717, 1.165) is 0 Å². The van der Waals surface area contributed by atoms with Gasteiger partial charge >= 0.3 is 0 Å². The Morgan fingerprint density at radius 1 is 0.966 bits per heavy atom. The Labute approximate surface area is 175 Å². The van der Waals surface area contributed by atoms with Crippen molar-refractivity contribution < 1.29 is 14.6 Å². The third-order valence-corrected chi connectivity index (χ3v) is 4.64.